The summed E-state index contributed by atoms with van der Waals surface area (Å²) in [5.74, 6) is -0.144. The van der Waals surface area contributed by atoms with Crippen LogP contribution in [0.1, 0.15) is 12.8 Å². The number of carbonyl (C=O) groups excluding carboxylic acids is 2. The fourth-order valence-corrected chi connectivity index (χ4v) is 2.28. The number of nitrogens with zero attached hydrogens (tertiary/aromatic N) is 2. The molecule has 0 radical (unpaired) electrons. The third-order valence-electron chi connectivity index (χ3n) is 3.36. The number of likely N-dealkylation sites (tertiary alicyclic amines) is 1. The first-order chi connectivity index (χ1) is 11.3. The summed E-state index contributed by atoms with van der Waals surface area (Å²) in [6, 6.07) is 2.22. The number of amides is 2. The van der Waals surface area contributed by atoms with Crippen molar-refractivity contribution in [2.45, 2.75) is 25.1 Å². The number of hydrogen-bond acceptors (Lipinski definition) is 5. The van der Waals surface area contributed by atoms with E-state index in [2.05, 4.69) is 15.0 Å². The molecule has 0 aliphatic carbocycles. The normalized spacial score (nSPS) is 17.5. The van der Waals surface area contributed by atoms with Crippen molar-refractivity contribution in [3.63, 3.8) is 0 Å². The molecular formula is C14H16F3N3O4. The fourth-order valence-electron chi connectivity index (χ4n) is 2.28. The van der Waals surface area contributed by atoms with Gasteiger partial charge in [-0.05, 0) is 18.9 Å². The molecule has 132 valence electrons. The molecule has 1 aromatic rings. The molecule has 1 atom stereocenters. The molecule has 1 aromatic heterocycles. The molecule has 2 heterocycles. The molecule has 10 heteroatoms. The molecular weight excluding hydrogens is 331 g/mol. The Balaban J connectivity index is 1.95. The lowest BCUT2D eigenvalue weighted by Gasteiger charge is -2.23. The zero-order valence-corrected chi connectivity index (χ0v) is 12.8. The average Bonchev–Trinajstić information content (AvgIpc) is 3.02. The van der Waals surface area contributed by atoms with Gasteiger partial charge in [0.25, 0.3) is 0 Å². The first kappa shape index (κ1) is 17.8. The molecule has 1 aliphatic heterocycles. The van der Waals surface area contributed by atoms with Crippen LogP contribution >= 0.6 is 0 Å². The van der Waals surface area contributed by atoms with Crippen molar-refractivity contribution in [3.05, 3.63) is 18.3 Å². The second-order valence-electron chi connectivity index (χ2n) is 5.10. The molecule has 24 heavy (non-hydrogen) atoms. The number of pyridine rings is 1. The van der Waals surface area contributed by atoms with E-state index in [9.17, 15) is 22.8 Å². The number of rotatable bonds is 4. The minimum atomic E-state index is -4.61. The third-order valence-corrected chi connectivity index (χ3v) is 3.36. The zero-order chi connectivity index (χ0) is 17.7. The number of halogens is 3. The molecule has 1 fully saturated rings. The molecule has 0 saturated carbocycles. The van der Waals surface area contributed by atoms with Crippen LogP contribution in [-0.2, 0) is 9.53 Å². The molecule has 7 nitrogen and oxygen atoms in total. The zero-order valence-electron chi connectivity index (χ0n) is 12.8. The molecule has 0 aromatic carbocycles. The van der Waals surface area contributed by atoms with Gasteiger partial charge in [-0.2, -0.15) is 13.2 Å². The largest absolute Gasteiger partial charge is 0.481 e. The number of methoxy groups -OCH3 is 1. The van der Waals surface area contributed by atoms with Gasteiger partial charge in [-0.25, -0.2) is 9.78 Å². The van der Waals surface area contributed by atoms with Crippen LogP contribution in [0.15, 0.2) is 18.3 Å². The Morgan fingerprint density at radius 2 is 2.17 bits per heavy atom. The van der Waals surface area contributed by atoms with E-state index in [1.54, 1.807) is 12.1 Å². The summed E-state index contributed by atoms with van der Waals surface area (Å²) < 4.78 is 45.4. The lowest BCUT2D eigenvalue weighted by Crippen LogP contribution is -2.44. The monoisotopic (exact) mass is 347 g/mol. The predicted octanol–water partition coefficient (Wildman–Crippen LogP) is 2.19. The van der Waals surface area contributed by atoms with Crippen LogP contribution in [0.25, 0.3) is 0 Å². The maximum atomic E-state index is 12.2. The summed E-state index contributed by atoms with van der Waals surface area (Å²) in [7, 11) is 1.45. The lowest BCUT2D eigenvalue weighted by atomic mass is 10.2. The van der Waals surface area contributed by atoms with Crippen molar-refractivity contribution in [3.8, 4) is 5.88 Å². The Hall–Kier alpha value is -2.52. The van der Waals surface area contributed by atoms with E-state index in [0.717, 1.165) is 4.90 Å². The van der Waals surface area contributed by atoms with E-state index in [1.807, 2.05) is 0 Å². The lowest BCUT2D eigenvalue weighted by molar-refractivity contribution is -0.162. The minimum absolute atomic E-state index is 0.162. The van der Waals surface area contributed by atoms with Crippen LogP contribution in [0.3, 0.4) is 0 Å². The van der Waals surface area contributed by atoms with Gasteiger partial charge in [0.2, 0.25) is 11.8 Å². The van der Waals surface area contributed by atoms with Crippen LogP contribution in [0, 0.1) is 0 Å². The smallest absolute Gasteiger partial charge is 0.422 e. The highest BCUT2D eigenvalue weighted by Gasteiger charge is 2.37. The van der Waals surface area contributed by atoms with E-state index in [-0.39, 0.29) is 6.54 Å². The Labute approximate surface area is 135 Å². The van der Waals surface area contributed by atoms with Gasteiger partial charge in [0.05, 0.1) is 19.0 Å². The summed E-state index contributed by atoms with van der Waals surface area (Å²) in [6.07, 6.45) is -3.55. The second-order valence-corrected chi connectivity index (χ2v) is 5.10. The van der Waals surface area contributed by atoms with Crippen molar-refractivity contribution in [1.82, 2.24) is 9.88 Å². The summed E-state index contributed by atoms with van der Waals surface area (Å²) >= 11 is 0. The summed E-state index contributed by atoms with van der Waals surface area (Å²) in [6.45, 7) is -1.52. The first-order valence-electron chi connectivity index (χ1n) is 7.11. The van der Waals surface area contributed by atoms with Gasteiger partial charge >= 0.3 is 12.3 Å². The van der Waals surface area contributed by atoms with Crippen molar-refractivity contribution in [2.24, 2.45) is 0 Å². The Morgan fingerprint density at radius 1 is 1.42 bits per heavy atom. The molecule has 1 aliphatic rings. The van der Waals surface area contributed by atoms with E-state index in [1.165, 1.54) is 13.3 Å². The first-order valence-corrected chi connectivity index (χ1v) is 7.11. The van der Waals surface area contributed by atoms with E-state index in [4.69, 9.17) is 4.74 Å². The Kier molecular flexibility index (Phi) is 5.47. The van der Waals surface area contributed by atoms with Gasteiger partial charge in [0, 0.05) is 12.6 Å². The topological polar surface area (TPSA) is 80.8 Å². The standard InChI is InChI=1S/C14H16F3N3O4/c1-23-11-5-4-9(7-18-11)19-12(21)10-3-2-6-20(10)13(22)24-8-14(15,16)17/h4-5,7,10H,2-3,6,8H2,1H3,(H,19,21). The highest BCUT2D eigenvalue weighted by Crippen LogP contribution is 2.22. The van der Waals surface area contributed by atoms with Gasteiger partial charge in [-0.1, -0.05) is 0 Å². The molecule has 0 bridgehead atoms. The molecule has 2 amide bonds. The summed E-state index contributed by atoms with van der Waals surface area (Å²) in [5.41, 5.74) is 0.385. The molecule has 0 spiro atoms. The number of ether oxygens (including phenoxy) is 2. The maximum Gasteiger partial charge on any atom is 0.422 e. The number of alkyl halides is 3. The van der Waals surface area contributed by atoms with Gasteiger partial charge in [-0.3, -0.25) is 9.69 Å². The van der Waals surface area contributed by atoms with E-state index >= 15 is 0 Å². The summed E-state index contributed by atoms with van der Waals surface area (Å²) in [5, 5.41) is 2.56. The van der Waals surface area contributed by atoms with Crippen LogP contribution < -0.4 is 10.1 Å². The van der Waals surface area contributed by atoms with E-state index in [0.29, 0.717) is 24.4 Å². The number of nitrogens with one attached hydrogen (secondary N) is 1. The predicted molar refractivity (Wildman–Crippen MR) is 76.5 cm³/mol. The van der Waals surface area contributed by atoms with Crippen molar-refractivity contribution in [2.75, 3.05) is 25.6 Å². The number of aromatic nitrogens is 1. The Bertz CT molecular complexity index is 592. The molecule has 1 saturated heterocycles. The molecule has 1 N–H and O–H groups in total. The highest BCUT2D eigenvalue weighted by molar-refractivity contribution is 5.96. The van der Waals surface area contributed by atoms with E-state index < -0.39 is 30.8 Å². The van der Waals surface area contributed by atoms with Gasteiger partial charge in [0.15, 0.2) is 6.61 Å². The number of anilines is 1. The SMILES string of the molecule is COc1ccc(NC(=O)C2CCCN2C(=O)OCC(F)(F)F)cn1. The molecule has 2 rings (SSSR count). The number of hydrogen-bond donors (Lipinski definition) is 1. The van der Waals surface area contributed by atoms with Crippen LogP contribution in [0.5, 0.6) is 5.88 Å². The summed E-state index contributed by atoms with van der Waals surface area (Å²) in [4.78, 5) is 28.9. The quantitative estimate of drug-likeness (QED) is 0.903. The van der Waals surface area contributed by atoms with Crippen molar-refractivity contribution in [1.29, 1.82) is 0 Å². The van der Waals surface area contributed by atoms with Crippen LogP contribution in [0.2, 0.25) is 0 Å². The van der Waals surface area contributed by atoms with Crippen molar-refractivity contribution < 1.29 is 32.2 Å². The second kappa shape index (κ2) is 7.37. The van der Waals surface area contributed by atoms with Gasteiger partial charge in [-0.15, -0.1) is 0 Å². The fraction of sp³-hybridized carbons (Fsp3) is 0.500. The molecule has 1 unspecified atom stereocenters. The third kappa shape index (κ3) is 4.74. The Morgan fingerprint density at radius 3 is 2.75 bits per heavy atom. The van der Waals surface area contributed by atoms with Crippen molar-refractivity contribution >= 4 is 17.7 Å². The number of carbonyl (C=O) groups is 2. The average molecular weight is 347 g/mol. The highest BCUT2D eigenvalue weighted by atomic mass is 19.4. The van der Waals surface area contributed by atoms with Gasteiger partial charge in [0.1, 0.15) is 6.04 Å². The van der Waals surface area contributed by atoms with Crippen LogP contribution in [-0.4, -0.2) is 54.4 Å². The maximum absolute atomic E-state index is 12.2. The minimum Gasteiger partial charge on any atom is -0.481 e. The van der Waals surface area contributed by atoms with Gasteiger partial charge < -0.3 is 14.8 Å². The van der Waals surface area contributed by atoms with Crippen LogP contribution in [0.4, 0.5) is 23.7 Å².